The smallest absolute Gasteiger partial charge is 0.343 e. The molecule has 0 bridgehead atoms. The van der Waals surface area contributed by atoms with Gasteiger partial charge >= 0.3 is 5.97 Å². The number of benzene rings is 2. The zero-order chi connectivity index (χ0) is 13.9. The molecule has 0 unspecified atom stereocenters. The van der Waals surface area contributed by atoms with Crippen molar-refractivity contribution in [2.45, 2.75) is 0 Å². The third-order valence-electron chi connectivity index (χ3n) is 2.98. The van der Waals surface area contributed by atoms with Crippen molar-refractivity contribution in [2.24, 2.45) is 0 Å². The van der Waals surface area contributed by atoms with Crippen molar-refractivity contribution < 1.29 is 9.53 Å². The van der Waals surface area contributed by atoms with Crippen LogP contribution in [0.5, 0.6) is 0 Å². The number of cyclic esters (lactones) is 1. The molecule has 0 fully saturated rings. The third kappa shape index (κ3) is 2.65. The molecule has 0 aromatic heterocycles. The summed E-state index contributed by atoms with van der Waals surface area (Å²) >= 11 is 5.84. The number of carbonyl (C=O) groups is 1. The molecule has 1 aliphatic heterocycles. The van der Waals surface area contributed by atoms with Crippen LogP contribution in [0.2, 0.25) is 5.02 Å². The molecule has 0 amide bonds. The largest absolute Gasteiger partial charge is 0.422 e. The van der Waals surface area contributed by atoms with E-state index in [0.29, 0.717) is 16.4 Å². The van der Waals surface area contributed by atoms with Crippen molar-refractivity contribution in [3.63, 3.8) is 0 Å². The highest BCUT2D eigenvalue weighted by molar-refractivity contribution is 6.30. The quantitative estimate of drug-likeness (QED) is 0.606. The predicted molar refractivity (Wildman–Crippen MR) is 79.9 cm³/mol. The fourth-order valence-corrected chi connectivity index (χ4v) is 2.10. The predicted octanol–water partition coefficient (Wildman–Crippen LogP) is 4.32. The first-order valence-corrected chi connectivity index (χ1v) is 6.57. The molecular weight excluding hydrogens is 272 g/mol. The van der Waals surface area contributed by atoms with E-state index in [4.69, 9.17) is 16.3 Å². The van der Waals surface area contributed by atoms with Crippen molar-refractivity contribution in [1.82, 2.24) is 0 Å². The minimum Gasteiger partial charge on any atom is -0.422 e. The summed E-state index contributed by atoms with van der Waals surface area (Å²) in [5, 5.41) is 0.652. The van der Waals surface area contributed by atoms with E-state index in [1.165, 1.54) is 0 Å². The first-order chi connectivity index (χ1) is 9.72. The zero-order valence-electron chi connectivity index (χ0n) is 10.5. The number of ether oxygens (including phenoxy) is 1. The summed E-state index contributed by atoms with van der Waals surface area (Å²) in [5.41, 5.74) is 2.34. The van der Waals surface area contributed by atoms with Gasteiger partial charge in [-0.3, -0.25) is 0 Å². The standard InChI is InChI=1S/C17H11ClO2/c18-15-8-6-13(7-9-15)16-11-14(17(19)20-16)10-12-4-2-1-3-5-12/h1-11H/b14-10+. The molecule has 1 aliphatic rings. The fraction of sp³-hybridized carbons (Fsp3) is 0. The van der Waals surface area contributed by atoms with Gasteiger partial charge in [-0.15, -0.1) is 0 Å². The average molecular weight is 283 g/mol. The van der Waals surface area contributed by atoms with Gasteiger partial charge in [0.25, 0.3) is 0 Å². The van der Waals surface area contributed by atoms with Gasteiger partial charge in [-0.25, -0.2) is 4.79 Å². The first kappa shape index (κ1) is 12.7. The van der Waals surface area contributed by atoms with Gasteiger partial charge in [0.15, 0.2) is 0 Å². The van der Waals surface area contributed by atoms with Gasteiger partial charge in [-0.2, -0.15) is 0 Å². The van der Waals surface area contributed by atoms with Crippen molar-refractivity contribution in [1.29, 1.82) is 0 Å². The molecule has 2 aromatic carbocycles. The zero-order valence-corrected chi connectivity index (χ0v) is 11.3. The Kier molecular flexibility index (Phi) is 3.40. The summed E-state index contributed by atoms with van der Waals surface area (Å²) in [5.74, 6) is 0.215. The number of hydrogen-bond donors (Lipinski definition) is 0. The number of halogens is 1. The molecule has 3 heteroatoms. The molecule has 1 heterocycles. The molecule has 0 radical (unpaired) electrons. The van der Waals surface area contributed by atoms with Crippen LogP contribution >= 0.6 is 11.6 Å². The monoisotopic (exact) mass is 282 g/mol. The van der Waals surface area contributed by atoms with Crippen LogP contribution in [0, 0.1) is 0 Å². The average Bonchev–Trinajstić information content (AvgIpc) is 2.82. The van der Waals surface area contributed by atoms with Gasteiger partial charge in [0.05, 0.1) is 5.57 Å². The third-order valence-corrected chi connectivity index (χ3v) is 3.23. The molecule has 98 valence electrons. The minimum absolute atomic E-state index is 0.334. The van der Waals surface area contributed by atoms with E-state index in [2.05, 4.69) is 0 Å². The summed E-state index contributed by atoms with van der Waals surface area (Å²) in [6.45, 7) is 0. The van der Waals surface area contributed by atoms with E-state index in [0.717, 1.165) is 11.1 Å². The Morgan fingerprint density at radius 3 is 2.35 bits per heavy atom. The molecule has 2 nitrogen and oxygen atoms in total. The Hall–Kier alpha value is -2.32. The lowest BCUT2D eigenvalue weighted by atomic mass is 10.1. The van der Waals surface area contributed by atoms with Gasteiger partial charge in [0.2, 0.25) is 0 Å². The Morgan fingerprint density at radius 1 is 0.950 bits per heavy atom. The molecule has 0 atom stereocenters. The maximum atomic E-state index is 11.9. The molecule has 0 spiro atoms. The van der Waals surface area contributed by atoms with E-state index in [-0.39, 0.29) is 5.97 Å². The van der Waals surface area contributed by atoms with Crippen LogP contribution in [0.4, 0.5) is 0 Å². The molecule has 0 N–H and O–H groups in total. The number of rotatable bonds is 2. The van der Waals surface area contributed by atoms with Crippen LogP contribution in [-0.4, -0.2) is 5.97 Å². The Labute approximate surface area is 122 Å². The summed E-state index contributed by atoms with van der Waals surface area (Å²) in [6.07, 6.45) is 3.56. The van der Waals surface area contributed by atoms with Crippen molar-refractivity contribution in [2.75, 3.05) is 0 Å². The van der Waals surface area contributed by atoms with Crippen LogP contribution in [-0.2, 0) is 9.53 Å². The molecule has 0 saturated carbocycles. The van der Waals surface area contributed by atoms with Gasteiger partial charge in [0.1, 0.15) is 5.76 Å². The minimum atomic E-state index is -0.334. The second kappa shape index (κ2) is 5.35. The molecule has 0 saturated heterocycles. The lowest BCUT2D eigenvalue weighted by Gasteiger charge is -2.01. The molecule has 0 aliphatic carbocycles. The fourth-order valence-electron chi connectivity index (χ4n) is 1.97. The van der Waals surface area contributed by atoms with Crippen molar-refractivity contribution in [3.8, 4) is 0 Å². The van der Waals surface area contributed by atoms with Crippen LogP contribution in [0.1, 0.15) is 11.1 Å². The summed E-state index contributed by atoms with van der Waals surface area (Å²) in [6, 6.07) is 16.9. The maximum absolute atomic E-state index is 11.9. The Balaban J connectivity index is 1.93. The Bertz CT molecular complexity index is 698. The van der Waals surface area contributed by atoms with Gasteiger partial charge in [-0.1, -0.05) is 41.9 Å². The van der Waals surface area contributed by atoms with Crippen LogP contribution in [0.3, 0.4) is 0 Å². The SMILES string of the molecule is O=C1OC(c2ccc(Cl)cc2)=C/C1=C\c1ccccc1. The summed E-state index contributed by atoms with van der Waals surface area (Å²) < 4.78 is 5.28. The van der Waals surface area contributed by atoms with Gasteiger partial charge in [0, 0.05) is 10.6 Å². The van der Waals surface area contributed by atoms with E-state index in [1.54, 1.807) is 18.2 Å². The van der Waals surface area contributed by atoms with Gasteiger partial charge < -0.3 is 4.74 Å². The second-order valence-corrected chi connectivity index (χ2v) is 4.85. The van der Waals surface area contributed by atoms with E-state index in [9.17, 15) is 4.79 Å². The number of esters is 1. The van der Waals surface area contributed by atoms with Crippen LogP contribution in [0.25, 0.3) is 11.8 Å². The molecule has 2 aromatic rings. The lowest BCUT2D eigenvalue weighted by molar-refractivity contribution is -0.130. The highest BCUT2D eigenvalue weighted by Crippen LogP contribution is 2.28. The number of hydrogen-bond acceptors (Lipinski definition) is 2. The first-order valence-electron chi connectivity index (χ1n) is 6.19. The molecule has 3 rings (SSSR count). The topological polar surface area (TPSA) is 26.3 Å². The molecular formula is C17H11ClO2. The van der Waals surface area contributed by atoms with Gasteiger partial charge in [-0.05, 0) is 42.0 Å². The Morgan fingerprint density at radius 2 is 1.65 bits per heavy atom. The second-order valence-electron chi connectivity index (χ2n) is 4.42. The van der Waals surface area contributed by atoms with Crippen molar-refractivity contribution >= 4 is 29.4 Å². The number of carbonyl (C=O) groups excluding carboxylic acids is 1. The highest BCUT2D eigenvalue weighted by Gasteiger charge is 2.21. The maximum Gasteiger partial charge on any atom is 0.343 e. The van der Waals surface area contributed by atoms with Crippen LogP contribution in [0.15, 0.2) is 66.2 Å². The van der Waals surface area contributed by atoms with E-state index < -0.39 is 0 Å². The van der Waals surface area contributed by atoms with Crippen molar-refractivity contribution in [3.05, 3.63) is 82.4 Å². The lowest BCUT2D eigenvalue weighted by Crippen LogP contribution is -1.97. The normalized spacial score (nSPS) is 16.1. The summed E-state index contributed by atoms with van der Waals surface area (Å²) in [4.78, 5) is 11.9. The molecule has 20 heavy (non-hydrogen) atoms. The van der Waals surface area contributed by atoms with Crippen LogP contribution < -0.4 is 0 Å². The van der Waals surface area contributed by atoms with E-state index in [1.807, 2.05) is 48.5 Å². The highest BCUT2D eigenvalue weighted by atomic mass is 35.5. The van der Waals surface area contributed by atoms with E-state index >= 15 is 0 Å². The summed E-state index contributed by atoms with van der Waals surface area (Å²) in [7, 11) is 0.